The maximum absolute atomic E-state index is 11.9. The lowest BCUT2D eigenvalue weighted by atomic mass is 10.3. The fourth-order valence-corrected chi connectivity index (χ4v) is 2.50. The monoisotopic (exact) mass is 329 g/mol. The molecular weight excluding hydrogens is 321 g/mol. The number of hydrogen-bond donors (Lipinski definition) is 1. The minimum Gasteiger partial charge on any atom is -0.265 e. The zero-order valence-corrected chi connectivity index (χ0v) is 12.3. The molecule has 0 spiro atoms. The van der Waals surface area contributed by atoms with Gasteiger partial charge in [-0.2, -0.15) is 13.5 Å². The molecule has 2 rings (SSSR count). The predicted octanol–water partition coefficient (Wildman–Crippen LogP) is 2.70. The number of nitrogens with zero attached hydrogens (tertiary/aromatic N) is 2. The summed E-state index contributed by atoms with van der Waals surface area (Å²) in [7, 11) is -3.78. The Labute approximate surface area is 126 Å². The number of hydrazone groups is 1. The second-order valence-electron chi connectivity index (χ2n) is 3.71. The number of pyridine rings is 1. The summed E-state index contributed by atoms with van der Waals surface area (Å²) in [6, 6.07) is 7.39. The molecule has 2 aromatic rings. The average molecular weight is 330 g/mol. The molecule has 0 aliphatic heterocycles. The fraction of sp³-hybridized carbons (Fsp3) is 0. The van der Waals surface area contributed by atoms with E-state index in [-0.39, 0.29) is 14.9 Å². The van der Waals surface area contributed by atoms with Crippen molar-refractivity contribution in [2.45, 2.75) is 4.90 Å². The maximum atomic E-state index is 11.9. The molecule has 104 valence electrons. The zero-order valence-electron chi connectivity index (χ0n) is 9.99. The first-order valence-electron chi connectivity index (χ1n) is 5.39. The van der Waals surface area contributed by atoms with Crippen LogP contribution in [0.5, 0.6) is 0 Å². The Morgan fingerprint density at radius 1 is 1.10 bits per heavy atom. The molecular formula is C12H9Cl2N3O2S. The van der Waals surface area contributed by atoms with Crippen molar-refractivity contribution >= 4 is 39.4 Å². The largest absolute Gasteiger partial charge is 0.276 e. The van der Waals surface area contributed by atoms with Crippen LogP contribution in [-0.4, -0.2) is 19.6 Å². The van der Waals surface area contributed by atoms with E-state index in [0.29, 0.717) is 0 Å². The lowest BCUT2D eigenvalue weighted by Gasteiger charge is -2.04. The van der Waals surface area contributed by atoms with Crippen molar-refractivity contribution < 1.29 is 8.42 Å². The van der Waals surface area contributed by atoms with Crippen LogP contribution in [0.15, 0.2) is 52.7 Å². The second kappa shape index (κ2) is 6.21. The molecule has 0 bridgehead atoms. The number of sulfonamides is 1. The summed E-state index contributed by atoms with van der Waals surface area (Å²) in [5.41, 5.74) is 0.719. The normalized spacial score (nSPS) is 11.7. The van der Waals surface area contributed by atoms with E-state index in [2.05, 4.69) is 14.9 Å². The van der Waals surface area contributed by atoms with Gasteiger partial charge in [-0.25, -0.2) is 4.83 Å². The molecule has 0 saturated heterocycles. The molecule has 0 saturated carbocycles. The highest BCUT2D eigenvalue weighted by Gasteiger charge is 2.14. The molecule has 0 atom stereocenters. The lowest BCUT2D eigenvalue weighted by molar-refractivity contribution is 0.584. The number of rotatable bonds is 4. The molecule has 0 amide bonds. The van der Waals surface area contributed by atoms with Crippen molar-refractivity contribution in [2.75, 3.05) is 0 Å². The standard InChI is InChI=1S/C12H9Cl2N3O2S/c13-11-2-1-10(7-12(11)14)20(18,19)17-16-8-9-3-5-15-6-4-9/h1-8,17H/b16-8+. The van der Waals surface area contributed by atoms with E-state index in [1.54, 1.807) is 24.5 Å². The van der Waals surface area contributed by atoms with E-state index in [4.69, 9.17) is 23.2 Å². The van der Waals surface area contributed by atoms with E-state index in [1.165, 1.54) is 24.4 Å². The summed E-state index contributed by atoms with van der Waals surface area (Å²) in [6.07, 6.45) is 4.53. The third-order valence-corrected chi connectivity index (χ3v) is 4.25. The van der Waals surface area contributed by atoms with Crippen molar-refractivity contribution in [3.8, 4) is 0 Å². The Morgan fingerprint density at radius 2 is 1.80 bits per heavy atom. The molecule has 0 radical (unpaired) electrons. The van der Waals surface area contributed by atoms with Crippen molar-refractivity contribution in [3.05, 3.63) is 58.3 Å². The molecule has 5 nitrogen and oxygen atoms in total. The summed E-state index contributed by atoms with van der Waals surface area (Å²) >= 11 is 11.5. The van der Waals surface area contributed by atoms with Crippen LogP contribution in [0, 0.1) is 0 Å². The Kier molecular flexibility index (Phi) is 4.59. The molecule has 1 heterocycles. The van der Waals surface area contributed by atoms with Crippen molar-refractivity contribution in [1.29, 1.82) is 0 Å². The van der Waals surface area contributed by atoms with Gasteiger partial charge in [0.1, 0.15) is 0 Å². The number of halogens is 2. The second-order valence-corrected chi connectivity index (χ2v) is 6.18. The Morgan fingerprint density at radius 3 is 2.45 bits per heavy atom. The van der Waals surface area contributed by atoms with Gasteiger partial charge >= 0.3 is 0 Å². The highest BCUT2D eigenvalue weighted by molar-refractivity contribution is 7.89. The number of aromatic nitrogens is 1. The lowest BCUT2D eigenvalue weighted by Crippen LogP contribution is -2.18. The van der Waals surface area contributed by atoms with Gasteiger partial charge in [-0.3, -0.25) is 4.98 Å². The van der Waals surface area contributed by atoms with Crippen LogP contribution in [-0.2, 0) is 10.0 Å². The van der Waals surface area contributed by atoms with Gasteiger partial charge in [0.2, 0.25) is 0 Å². The van der Waals surface area contributed by atoms with Gasteiger partial charge in [0, 0.05) is 12.4 Å². The first kappa shape index (κ1) is 14.8. The highest BCUT2D eigenvalue weighted by atomic mass is 35.5. The van der Waals surface area contributed by atoms with E-state index in [0.717, 1.165) is 5.56 Å². The zero-order chi connectivity index (χ0) is 14.6. The number of benzene rings is 1. The van der Waals surface area contributed by atoms with E-state index in [1.807, 2.05) is 0 Å². The van der Waals surface area contributed by atoms with Gasteiger partial charge in [0.05, 0.1) is 21.2 Å². The third-order valence-electron chi connectivity index (χ3n) is 2.29. The van der Waals surface area contributed by atoms with Crippen LogP contribution in [0.2, 0.25) is 10.0 Å². The molecule has 8 heteroatoms. The van der Waals surface area contributed by atoms with Crippen LogP contribution in [0.3, 0.4) is 0 Å². The van der Waals surface area contributed by atoms with Crippen molar-refractivity contribution in [3.63, 3.8) is 0 Å². The number of hydrogen-bond acceptors (Lipinski definition) is 4. The summed E-state index contributed by atoms with van der Waals surface area (Å²) in [4.78, 5) is 5.92. The van der Waals surface area contributed by atoms with E-state index in [9.17, 15) is 8.42 Å². The fourth-order valence-electron chi connectivity index (χ4n) is 1.32. The van der Waals surface area contributed by atoms with Gasteiger partial charge < -0.3 is 0 Å². The Hall–Kier alpha value is -1.63. The maximum Gasteiger partial charge on any atom is 0.276 e. The molecule has 1 aromatic carbocycles. The molecule has 0 unspecified atom stereocenters. The van der Waals surface area contributed by atoms with E-state index >= 15 is 0 Å². The minimum absolute atomic E-state index is 0.0150. The summed E-state index contributed by atoms with van der Waals surface area (Å²) in [5.74, 6) is 0. The highest BCUT2D eigenvalue weighted by Crippen LogP contribution is 2.24. The van der Waals surface area contributed by atoms with Gasteiger partial charge in [-0.15, -0.1) is 0 Å². The molecule has 1 aromatic heterocycles. The number of nitrogens with one attached hydrogen (secondary N) is 1. The summed E-state index contributed by atoms with van der Waals surface area (Å²) in [6.45, 7) is 0. The molecule has 20 heavy (non-hydrogen) atoms. The quantitative estimate of drug-likeness (QED) is 0.692. The topological polar surface area (TPSA) is 71.4 Å². The van der Waals surface area contributed by atoms with Crippen LogP contribution < -0.4 is 4.83 Å². The Balaban J connectivity index is 2.15. The van der Waals surface area contributed by atoms with Crippen LogP contribution in [0.25, 0.3) is 0 Å². The average Bonchev–Trinajstić information content (AvgIpc) is 2.43. The Bertz CT molecular complexity index is 734. The summed E-state index contributed by atoms with van der Waals surface area (Å²) in [5, 5.41) is 4.12. The van der Waals surface area contributed by atoms with Gasteiger partial charge in [0.25, 0.3) is 10.0 Å². The van der Waals surface area contributed by atoms with Gasteiger partial charge in [0.15, 0.2) is 0 Å². The SMILES string of the molecule is O=S(=O)(N/N=C/c1ccncc1)c1ccc(Cl)c(Cl)c1. The van der Waals surface area contributed by atoms with Gasteiger partial charge in [-0.05, 0) is 35.9 Å². The van der Waals surface area contributed by atoms with Crippen LogP contribution in [0.1, 0.15) is 5.56 Å². The molecule has 0 aliphatic rings. The molecule has 1 N–H and O–H groups in total. The molecule has 0 fully saturated rings. The smallest absolute Gasteiger partial charge is 0.265 e. The van der Waals surface area contributed by atoms with Crippen LogP contribution >= 0.6 is 23.2 Å². The third kappa shape index (κ3) is 3.69. The predicted molar refractivity (Wildman–Crippen MR) is 78.6 cm³/mol. The molecule has 0 aliphatic carbocycles. The van der Waals surface area contributed by atoms with Gasteiger partial charge in [-0.1, -0.05) is 23.2 Å². The first-order valence-corrected chi connectivity index (χ1v) is 7.63. The van der Waals surface area contributed by atoms with Crippen LogP contribution in [0.4, 0.5) is 0 Å². The minimum atomic E-state index is -3.78. The van der Waals surface area contributed by atoms with Crippen molar-refractivity contribution in [2.24, 2.45) is 5.10 Å². The summed E-state index contributed by atoms with van der Waals surface area (Å²) < 4.78 is 23.9. The van der Waals surface area contributed by atoms with Crippen molar-refractivity contribution in [1.82, 2.24) is 9.82 Å². The van der Waals surface area contributed by atoms with E-state index < -0.39 is 10.0 Å². The first-order chi connectivity index (χ1) is 9.49.